The van der Waals surface area contributed by atoms with E-state index in [9.17, 15) is 9.59 Å². The van der Waals surface area contributed by atoms with Gasteiger partial charge in [-0.05, 0) is 48.2 Å². The first-order valence-corrected chi connectivity index (χ1v) is 11.8. The van der Waals surface area contributed by atoms with Crippen LogP contribution in [0.1, 0.15) is 35.1 Å². The van der Waals surface area contributed by atoms with Crippen LogP contribution >= 0.6 is 0 Å². The second-order valence-electron chi connectivity index (χ2n) is 9.13. The molecule has 2 atom stereocenters. The summed E-state index contributed by atoms with van der Waals surface area (Å²) in [5.74, 6) is 0.749. The summed E-state index contributed by atoms with van der Waals surface area (Å²) in [7, 11) is 0. The van der Waals surface area contributed by atoms with Gasteiger partial charge >= 0.3 is 0 Å². The van der Waals surface area contributed by atoms with E-state index in [-0.39, 0.29) is 18.4 Å². The molecule has 8 nitrogen and oxygen atoms in total. The average molecular weight is 471 g/mol. The number of fused-ring (bicyclic) bond motifs is 6. The minimum atomic E-state index is -0.828. The molecule has 1 fully saturated rings. The molecular formula is C27H26N4O4. The fourth-order valence-electron chi connectivity index (χ4n) is 5.53. The smallest absolute Gasteiger partial charge is 0.247 e. The van der Waals surface area contributed by atoms with Gasteiger partial charge in [0.25, 0.3) is 0 Å². The fourth-order valence-corrected chi connectivity index (χ4v) is 5.53. The van der Waals surface area contributed by atoms with Crippen molar-refractivity contribution in [3.8, 4) is 11.5 Å². The topological polar surface area (TPSA) is 120 Å². The van der Waals surface area contributed by atoms with Gasteiger partial charge in [-0.2, -0.15) is 0 Å². The van der Waals surface area contributed by atoms with Crippen LogP contribution in [-0.2, 0) is 26.5 Å². The number of hydrogen-bond donors (Lipinski definition) is 3. The van der Waals surface area contributed by atoms with E-state index < -0.39 is 11.6 Å². The number of carbonyl (C=O) groups excluding carboxylic acids is 2. The van der Waals surface area contributed by atoms with Gasteiger partial charge in [0.15, 0.2) is 5.60 Å². The van der Waals surface area contributed by atoms with Crippen molar-refractivity contribution in [1.29, 1.82) is 0 Å². The van der Waals surface area contributed by atoms with Gasteiger partial charge in [0.1, 0.15) is 17.5 Å². The quantitative estimate of drug-likeness (QED) is 0.506. The van der Waals surface area contributed by atoms with E-state index in [1.54, 1.807) is 17.0 Å². The number of amides is 2. The third kappa shape index (κ3) is 3.29. The third-order valence-electron chi connectivity index (χ3n) is 7.12. The second kappa shape index (κ2) is 8.11. The molecule has 0 bridgehead atoms. The molecule has 3 aromatic carbocycles. The monoisotopic (exact) mass is 470 g/mol. The molecule has 6 rings (SSSR count). The lowest BCUT2D eigenvalue weighted by Gasteiger charge is -2.37. The lowest BCUT2D eigenvalue weighted by atomic mass is 9.77. The van der Waals surface area contributed by atoms with Crippen molar-refractivity contribution in [3.63, 3.8) is 0 Å². The zero-order valence-electron chi connectivity index (χ0n) is 19.1. The predicted molar refractivity (Wildman–Crippen MR) is 131 cm³/mol. The number of benzene rings is 3. The Hall–Kier alpha value is -3.88. The summed E-state index contributed by atoms with van der Waals surface area (Å²) in [6.07, 6.45) is 1.38. The molecule has 3 aromatic rings. The molecule has 3 heterocycles. The van der Waals surface area contributed by atoms with Crippen LogP contribution in [0.2, 0.25) is 0 Å². The number of nitrogens with one attached hydrogen (secondary N) is 1. The highest BCUT2D eigenvalue weighted by atomic mass is 16.5. The van der Waals surface area contributed by atoms with Gasteiger partial charge < -0.3 is 31.2 Å². The molecular weight excluding hydrogens is 444 g/mol. The van der Waals surface area contributed by atoms with Crippen molar-refractivity contribution in [3.05, 3.63) is 82.9 Å². The summed E-state index contributed by atoms with van der Waals surface area (Å²) in [4.78, 5) is 26.7. The molecule has 0 radical (unpaired) electrons. The van der Waals surface area contributed by atoms with Gasteiger partial charge in [-0.15, -0.1) is 0 Å². The SMILES string of the molecule is NCC(=O)N1CCC[C@H]1C(=O)Nc1ccc2c(c1)Oc1cc(N)ccc1C21OCc2ccccc21. The van der Waals surface area contributed by atoms with E-state index in [1.165, 1.54) is 0 Å². The molecule has 5 N–H and O–H groups in total. The van der Waals surface area contributed by atoms with Crippen LogP contribution in [0.15, 0.2) is 60.7 Å². The highest BCUT2D eigenvalue weighted by molar-refractivity contribution is 5.98. The minimum Gasteiger partial charge on any atom is -0.456 e. The molecule has 1 saturated heterocycles. The van der Waals surface area contributed by atoms with Crippen LogP contribution in [0.3, 0.4) is 0 Å². The number of hydrogen-bond acceptors (Lipinski definition) is 6. The lowest BCUT2D eigenvalue weighted by molar-refractivity contribution is -0.135. The number of nitrogens with two attached hydrogens (primary N) is 2. The molecule has 178 valence electrons. The van der Waals surface area contributed by atoms with Gasteiger partial charge in [-0.1, -0.05) is 24.3 Å². The highest BCUT2D eigenvalue weighted by Crippen LogP contribution is 2.56. The van der Waals surface area contributed by atoms with E-state index >= 15 is 0 Å². The first-order valence-electron chi connectivity index (χ1n) is 11.8. The Balaban J connectivity index is 1.39. The molecule has 0 saturated carbocycles. The van der Waals surface area contributed by atoms with Crippen molar-refractivity contribution >= 4 is 23.2 Å². The highest BCUT2D eigenvalue weighted by Gasteiger charge is 2.49. The second-order valence-corrected chi connectivity index (χ2v) is 9.13. The first-order chi connectivity index (χ1) is 17.0. The van der Waals surface area contributed by atoms with E-state index in [2.05, 4.69) is 17.4 Å². The maximum absolute atomic E-state index is 13.0. The number of carbonyl (C=O) groups is 2. The van der Waals surface area contributed by atoms with Crippen LogP contribution in [0.5, 0.6) is 11.5 Å². The normalized spacial score (nSPS) is 21.7. The Kier molecular flexibility index (Phi) is 5.01. The predicted octanol–water partition coefficient (Wildman–Crippen LogP) is 3.08. The Morgan fingerprint density at radius 2 is 1.80 bits per heavy atom. The van der Waals surface area contributed by atoms with Gasteiger partial charge in [-0.3, -0.25) is 9.59 Å². The van der Waals surface area contributed by atoms with E-state index in [1.807, 2.05) is 36.4 Å². The Labute approximate surface area is 202 Å². The Morgan fingerprint density at radius 3 is 2.63 bits per heavy atom. The molecule has 35 heavy (non-hydrogen) atoms. The van der Waals surface area contributed by atoms with Crippen LogP contribution in [0.4, 0.5) is 11.4 Å². The lowest BCUT2D eigenvalue weighted by Crippen LogP contribution is -2.45. The standard InChI is InChI=1S/C27H26N4O4/c28-14-25(32)31-11-3-6-22(31)26(33)30-18-8-10-21-24(13-18)35-23-12-17(29)7-9-20(23)27(21)19-5-2-1-4-16(19)15-34-27/h1-2,4-5,7-10,12-13,22H,3,6,11,14-15,28-29H2,(H,30,33)/t22-,27?/m0/s1. The number of nitrogen functional groups attached to an aromatic ring is 1. The average Bonchev–Trinajstić information content (AvgIpc) is 3.50. The van der Waals surface area contributed by atoms with Crippen molar-refractivity contribution < 1.29 is 19.1 Å². The van der Waals surface area contributed by atoms with Crippen molar-refractivity contribution in [2.75, 3.05) is 24.1 Å². The fraction of sp³-hybridized carbons (Fsp3) is 0.259. The summed E-state index contributed by atoms with van der Waals surface area (Å²) in [6, 6.07) is 18.8. The van der Waals surface area contributed by atoms with Crippen molar-refractivity contribution in [2.45, 2.75) is 31.1 Å². The molecule has 1 unspecified atom stereocenters. The zero-order chi connectivity index (χ0) is 24.2. The molecule has 8 heteroatoms. The molecule has 3 aliphatic heterocycles. The summed E-state index contributed by atoms with van der Waals surface area (Å²) >= 11 is 0. The summed E-state index contributed by atoms with van der Waals surface area (Å²) in [6.45, 7) is 0.909. The summed E-state index contributed by atoms with van der Waals surface area (Å²) < 4.78 is 12.8. The zero-order valence-corrected chi connectivity index (χ0v) is 19.1. The van der Waals surface area contributed by atoms with Gasteiger partial charge in [0.05, 0.1) is 13.2 Å². The molecule has 1 spiro atoms. The number of nitrogens with zero attached hydrogens (tertiary/aromatic N) is 1. The maximum atomic E-state index is 13.0. The minimum absolute atomic E-state index is 0.109. The van der Waals surface area contributed by atoms with Gasteiger partial charge in [-0.25, -0.2) is 0 Å². The van der Waals surface area contributed by atoms with Crippen LogP contribution in [0.25, 0.3) is 0 Å². The Bertz CT molecular complexity index is 1360. The van der Waals surface area contributed by atoms with Crippen molar-refractivity contribution in [2.24, 2.45) is 5.73 Å². The molecule has 2 amide bonds. The number of ether oxygens (including phenoxy) is 2. The number of rotatable bonds is 3. The van der Waals surface area contributed by atoms with Gasteiger partial charge in [0, 0.05) is 41.2 Å². The van der Waals surface area contributed by atoms with E-state index in [0.717, 1.165) is 28.7 Å². The van der Waals surface area contributed by atoms with Crippen LogP contribution in [0, 0.1) is 0 Å². The van der Waals surface area contributed by atoms with E-state index in [0.29, 0.717) is 42.4 Å². The first kappa shape index (κ1) is 21.6. The summed E-state index contributed by atoms with van der Waals surface area (Å²) in [5, 5.41) is 2.96. The van der Waals surface area contributed by atoms with E-state index in [4.69, 9.17) is 20.9 Å². The number of anilines is 2. The third-order valence-corrected chi connectivity index (χ3v) is 7.12. The maximum Gasteiger partial charge on any atom is 0.247 e. The summed E-state index contributed by atoms with van der Waals surface area (Å²) in [5.41, 5.74) is 15.9. The van der Waals surface area contributed by atoms with Gasteiger partial charge in [0.2, 0.25) is 11.8 Å². The molecule has 3 aliphatic rings. The van der Waals surface area contributed by atoms with Crippen molar-refractivity contribution in [1.82, 2.24) is 4.90 Å². The largest absolute Gasteiger partial charge is 0.456 e. The molecule has 0 aliphatic carbocycles. The van der Waals surface area contributed by atoms with Crippen LogP contribution in [-0.4, -0.2) is 35.8 Å². The number of likely N-dealkylation sites (tertiary alicyclic amines) is 1. The Morgan fingerprint density at radius 1 is 1.03 bits per heavy atom. The molecule has 0 aromatic heterocycles. The van der Waals surface area contributed by atoms with Crippen LogP contribution < -0.4 is 21.5 Å².